The van der Waals surface area contributed by atoms with E-state index in [9.17, 15) is 4.79 Å². The Hall–Kier alpha value is -2.03. The molecule has 0 atom stereocenters. The van der Waals surface area contributed by atoms with Gasteiger partial charge in [-0.25, -0.2) is 4.79 Å². The minimum absolute atomic E-state index is 0.237. The second-order valence-electron chi connectivity index (χ2n) is 3.63. The van der Waals surface area contributed by atoms with Gasteiger partial charge in [0.1, 0.15) is 11.3 Å². The van der Waals surface area contributed by atoms with Crippen LogP contribution >= 0.6 is 0 Å². The predicted octanol–water partition coefficient (Wildman–Crippen LogP) is 2.86. The molecule has 82 valence electrons. The molecule has 2 aromatic rings. The van der Waals surface area contributed by atoms with Crippen molar-refractivity contribution in [2.45, 2.75) is 6.92 Å². The molecular weight excluding hydrogens is 204 g/mol. The molecule has 1 N–H and O–H groups in total. The molecule has 0 saturated heterocycles. The maximum Gasteiger partial charge on any atom is 0.339 e. The van der Waals surface area contributed by atoms with Crippen LogP contribution in [0.3, 0.4) is 0 Å². The van der Waals surface area contributed by atoms with Crippen molar-refractivity contribution in [3.05, 3.63) is 41.5 Å². The number of carboxylic acid groups (broad SMARTS) is 1. The molecule has 0 fully saturated rings. The van der Waals surface area contributed by atoms with Crippen molar-refractivity contribution in [2.75, 3.05) is 7.11 Å². The lowest BCUT2D eigenvalue weighted by molar-refractivity contribution is 0.0693. The smallest absolute Gasteiger partial charge is 0.339 e. The van der Waals surface area contributed by atoms with Crippen LogP contribution in [0, 0.1) is 6.92 Å². The summed E-state index contributed by atoms with van der Waals surface area (Å²) in [7, 11) is 1.49. The van der Waals surface area contributed by atoms with E-state index in [1.807, 2.05) is 30.3 Å². The second kappa shape index (κ2) is 3.85. The highest BCUT2D eigenvalue weighted by molar-refractivity contribution is 6.02. The van der Waals surface area contributed by atoms with Crippen molar-refractivity contribution in [2.24, 2.45) is 0 Å². The molecule has 0 aromatic heterocycles. The van der Waals surface area contributed by atoms with Crippen LogP contribution in [0.2, 0.25) is 0 Å². The maximum absolute atomic E-state index is 11.2. The van der Waals surface area contributed by atoms with Gasteiger partial charge >= 0.3 is 5.97 Å². The van der Waals surface area contributed by atoms with E-state index in [4.69, 9.17) is 9.84 Å². The third kappa shape index (κ3) is 1.50. The van der Waals surface area contributed by atoms with Crippen molar-refractivity contribution in [3.63, 3.8) is 0 Å². The third-order valence-corrected chi connectivity index (χ3v) is 2.62. The molecule has 0 spiro atoms. The van der Waals surface area contributed by atoms with Crippen LogP contribution in [0.15, 0.2) is 30.3 Å². The summed E-state index contributed by atoms with van der Waals surface area (Å²) in [5.41, 5.74) is 0.948. The number of fused-ring (bicyclic) bond motifs is 1. The molecule has 0 saturated carbocycles. The van der Waals surface area contributed by atoms with Crippen molar-refractivity contribution >= 4 is 16.7 Å². The molecular formula is C13H12O3. The molecule has 16 heavy (non-hydrogen) atoms. The third-order valence-electron chi connectivity index (χ3n) is 2.62. The summed E-state index contributed by atoms with van der Waals surface area (Å²) in [4.78, 5) is 11.2. The van der Waals surface area contributed by atoms with Gasteiger partial charge in [-0.1, -0.05) is 30.3 Å². The minimum Gasteiger partial charge on any atom is -0.495 e. The lowest BCUT2D eigenvalue weighted by Gasteiger charge is -2.11. The molecule has 0 aliphatic carbocycles. The van der Waals surface area contributed by atoms with E-state index in [0.717, 1.165) is 10.8 Å². The number of aromatic carboxylic acids is 1. The normalized spacial score (nSPS) is 10.4. The lowest BCUT2D eigenvalue weighted by atomic mass is 10.0. The fourth-order valence-electron chi connectivity index (χ4n) is 1.93. The number of aryl methyl sites for hydroxylation is 1. The van der Waals surface area contributed by atoms with E-state index in [2.05, 4.69) is 0 Å². The summed E-state index contributed by atoms with van der Waals surface area (Å²) in [6.07, 6.45) is 0. The molecule has 2 rings (SSSR count). The standard InChI is InChI=1S/C13H12O3/c1-8-7-9-5-3-4-6-10(9)12(16-2)11(8)13(14)15/h3-7H,1-2H3,(H,14,15). The first kappa shape index (κ1) is 10.5. The summed E-state index contributed by atoms with van der Waals surface area (Å²) in [6.45, 7) is 1.78. The van der Waals surface area contributed by atoms with Crippen LogP contribution in [-0.2, 0) is 0 Å². The molecule has 0 heterocycles. The van der Waals surface area contributed by atoms with Crippen molar-refractivity contribution in [1.82, 2.24) is 0 Å². The van der Waals surface area contributed by atoms with Crippen LogP contribution in [0.4, 0.5) is 0 Å². The number of hydrogen-bond acceptors (Lipinski definition) is 2. The van der Waals surface area contributed by atoms with Gasteiger partial charge in [-0.3, -0.25) is 0 Å². The first-order valence-corrected chi connectivity index (χ1v) is 4.94. The average molecular weight is 216 g/mol. The van der Waals surface area contributed by atoms with Crippen LogP contribution in [0.1, 0.15) is 15.9 Å². The van der Waals surface area contributed by atoms with Crippen LogP contribution in [0.5, 0.6) is 5.75 Å². The molecule has 0 unspecified atom stereocenters. The van der Waals surface area contributed by atoms with Gasteiger partial charge in [-0.15, -0.1) is 0 Å². The van der Waals surface area contributed by atoms with E-state index in [1.54, 1.807) is 6.92 Å². The highest BCUT2D eigenvalue weighted by Crippen LogP contribution is 2.32. The van der Waals surface area contributed by atoms with Crippen LogP contribution in [0.25, 0.3) is 10.8 Å². The van der Waals surface area contributed by atoms with Gasteiger partial charge in [0.2, 0.25) is 0 Å². The first-order chi connectivity index (χ1) is 7.65. The summed E-state index contributed by atoms with van der Waals surface area (Å²) < 4.78 is 5.22. The van der Waals surface area contributed by atoms with E-state index in [-0.39, 0.29) is 5.56 Å². The summed E-state index contributed by atoms with van der Waals surface area (Å²) in [6, 6.07) is 9.45. The lowest BCUT2D eigenvalue weighted by Crippen LogP contribution is -2.04. The highest BCUT2D eigenvalue weighted by atomic mass is 16.5. The Bertz CT molecular complexity index is 558. The van der Waals surface area contributed by atoms with E-state index in [0.29, 0.717) is 11.3 Å². The number of rotatable bonds is 2. The van der Waals surface area contributed by atoms with Gasteiger partial charge in [0, 0.05) is 5.39 Å². The summed E-state index contributed by atoms with van der Waals surface area (Å²) in [5.74, 6) is -0.525. The zero-order valence-electron chi connectivity index (χ0n) is 9.15. The van der Waals surface area contributed by atoms with Crippen LogP contribution in [-0.4, -0.2) is 18.2 Å². The maximum atomic E-state index is 11.2. The molecule has 0 amide bonds. The topological polar surface area (TPSA) is 46.5 Å². The zero-order valence-corrected chi connectivity index (χ0v) is 9.15. The van der Waals surface area contributed by atoms with Gasteiger partial charge < -0.3 is 9.84 Å². The molecule has 0 aliphatic heterocycles. The highest BCUT2D eigenvalue weighted by Gasteiger charge is 2.17. The molecule has 0 aliphatic rings. The summed E-state index contributed by atoms with van der Waals surface area (Å²) >= 11 is 0. The quantitative estimate of drug-likeness (QED) is 0.839. The van der Waals surface area contributed by atoms with Crippen molar-refractivity contribution in [3.8, 4) is 5.75 Å². The molecule has 0 radical (unpaired) electrons. The van der Waals surface area contributed by atoms with Gasteiger partial charge in [0.25, 0.3) is 0 Å². The van der Waals surface area contributed by atoms with Gasteiger partial charge in [0.05, 0.1) is 7.11 Å². The summed E-state index contributed by atoms with van der Waals surface area (Å²) in [5, 5.41) is 11.0. The number of ether oxygens (including phenoxy) is 1. The Balaban J connectivity index is 2.90. The number of carboxylic acids is 1. The minimum atomic E-state index is -0.958. The fraction of sp³-hybridized carbons (Fsp3) is 0.154. The number of carbonyl (C=O) groups is 1. The monoisotopic (exact) mass is 216 g/mol. The Morgan fingerprint density at radius 1 is 1.31 bits per heavy atom. The Morgan fingerprint density at radius 2 is 2.00 bits per heavy atom. The van der Waals surface area contributed by atoms with E-state index in [1.165, 1.54) is 7.11 Å². The van der Waals surface area contributed by atoms with Crippen molar-refractivity contribution < 1.29 is 14.6 Å². The van der Waals surface area contributed by atoms with Gasteiger partial charge in [0.15, 0.2) is 0 Å². The second-order valence-corrected chi connectivity index (χ2v) is 3.63. The first-order valence-electron chi connectivity index (χ1n) is 4.94. The number of methoxy groups -OCH3 is 1. The van der Waals surface area contributed by atoms with E-state index >= 15 is 0 Å². The molecule has 0 bridgehead atoms. The number of benzene rings is 2. The Labute approximate surface area is 93.3 Å². The molecule has 3 heteroatoms. The molecule has 3 nitrogen and oxygen atoms in total. The predicted molar refractivity (Wildman–Crippen MR) is 62.2 cm³/mol. The fourth-order valence-corrected chi connectivity index (χ4v) is 1.93. The van der Waals surface area contributed by atoms with Gasteiger partial charge in [-0.2, -0.15) is 0 Å². The number of hydrogen-bond donors (Lipinski definition) is 1. The van der Waals surface area contributed by atoms with Gasteiger partial charge in [-0.05, 0) is 17.9 Å². The molecule has 2 aromatic carbocycles. The Kier molecular flexibility index (Phi) is 2.52. The van der Waals surface area contributed by atoms with Crippen molar-refractivity contribution in [1.29, 1.82) is 0 Å². The van der Waals surface area contributed by atoms with E-state index < -0.39 is 5.97 Å². The SMILES string of the molecule is COc1c(C(=O)O)c(C)cc2ccccc12. The largest absolute Gasteiger partial charge is 0.495 e. The Morgan fingerprint density at radius 3 is 2.62 bits per heavy atom. The van der Waals surface area contributed by atoms with Crippen LogP contribution < -0.4 is 4.74 Å². The average Bonchev–Trinajstić information content (AvgIpc) is 2.26. The zero-order chi connectivity index (χ0) is 11.7.